The van der Waals surface area contributed by atoms with Crippen molar-refractivity contribution in [3.63, 3.8) is 0 Å². The fourth-order valence-corrected chi connectivity index (χ4v) is 2.72. The maximum Gasteiger partial charge on any atom is 0.280 e. The second-order valence-corrected chi connectivity index (χ2v) is 5.51. The van der Waals surface area contributed by atoms with Gasteiger partial charge in [-0.05, 0) is 31.2 Å². The molecule has 0 amide bonds. The van der Waals surface area contributed by atoms with Crippen LogP contribution in [0.2, 0.25) is 0 Å². The zero-order valence-corrected chi connectivity index (χ0v) is 12.5. The highest BCUT2D eigenvalue weighted by molar-refractivity contribution is 6.03. The standard InChI is InChI=1S/C18H14N4O/c1-11-4-6-12(7-5-11)17-21-16-13-3-2-10-20-15(13)9-8-14(16)18(23)22(17)19/h2-10H,19H2,1H3. The summed E-state index contributed by atoms with van der Waals surface area (Å²) in [6.45, 7) is 2.01. The molecule has 2 N–H and O–H groups in total. The van der Waals surface area contributed by atoms with Gasteiger partial charge in [-0.15, -0.1) is 0 Å². The first-order valence-electron chi connectivity index (χ1n) is 7.28. The topological polar surface area (TPSA) is 73.8 Å². The van der Waals surface area contributed by atoms with E-state index in [4.69, 9.17) is 5.84 Å². The van der Waals surface area contributed by atoms with Crippen LogP contribution in [-0.4, -0.2) is 14.6 Å². The molecule has 5 heteroatoms. The number of nitrogens with zero attached hydrogens (tertiary/aromatic N) is 3. The van der Waals surface area contributed by atoms with Gasteiger partial charge in [0.05, 0.1) is 16.4 Å². The van der Waals surface area contributed by atoms with Crippen LogP contribution in [0.5, 0.6) is 0 Å². The number of aromatic nitrogens is 3. The van der Waals surface area contributed by atoms with Crippen molar-refractivity contribution >= 4 is 21.8 Å². The molecule has 0 bridgehead atoms. The number of nitrogens with two attached hydrogens (primary N) is 1. The van der Waals surface area contributed by atoms with Gasteiger partial charge in [0.2, 0.25) is 0 Å². The Morgan fingerprint density at radius 1 is 1.00 bits per heavy atom. The lowest BCUT2D eigenvalue weighted by atomic mass is 10.1. The highest BCUT2D eigenvalue weighted by atomic mass is 16.1. The van der Waals surface area contributed by atoms with Crippen molar-refractivity contribution in [3.8, 4) is 11.4 Å². The first-order chi connectivity index (χ1) is 11.1. The van der Waals surface area contributed by atoms with Gasteiger partial charge < -0.3 is 5.84 Å². The molecule has 0 saturated heterocycles. The van der Waals surface area contributed by atoms with Crippen molar-refractivity contribution < 1.29 is 0 Å². The van der Waals surface area contributed by atoms with Crippen molar-refractivity contribution in [1.82, 2.24) is 14.6 Å². The zero-order valence-electron chi connectivity index (χ0n) is 12.5. The number of rotatable bonds is 1. The van der Waals surface area contributed by atoms with E-state index in [1.165, 1.54) is 0 Å². The molecular formula is C18H14N4O. The molecule has 4 rings (SSSR count). The third-order valence-corrected chi connectivity index (χ3v) is 3.96. The van der Waals surface area contributed by atoms with Gasteiger partial charge in [-0.3, -0.25) is 9.78 Å². The Morgan fingerprint density at radius 2 is 1.78 bits per heavy atom. The third-order valence-electron chi connectivity index (χ3n) is 3.96. The number of aryl methyl sites for hydroxylation is 1. The van der Waals surface area contributed by atoms with Crippen molar-refractivity contribution in [3.05, 3.63) is 70.6 Å². The highest BCUT2D eigenvalue weighted by Crippen LogP contribution is 2.23. The predicted molar refractivity (Wildman–Crippen MR) is 91.6 cm³/mol. The van der Waals surface area contributed by atoms with E-state index >= 15 is 0 Å². The minimum atomic E-state index is -0.267. The molecule has 2 heterocycles. The van der Waals surface area contributed by atoms with E-state index in [-0.39, 0.29) is 5.56 Å². The molecule has 0 saturated carbocycles. The Kier molecular flexibility index (Phi) is 2.87. The molecule has 112 valence electrons. The Morgan fingerprint density at radius 3 is 2.57 bits per heavy atom. The first-order valence-corrected chi connectivity index (χ1v) is 7.28. The monoisotopic (exact) mass is 302 g/mol. The number of nitrogen functional groups attached to an aromatic ring is 1. The second-order valence-electron chi connectivity index (χ2n) is 5.51. The van der Waals surface area contributed by atoms with Crippen LogP contribution in [0, 0.1) is 6.92 Å². The summed E-state index contributed by atoms with van der Waals surface area (Å²) in [7, 11) is 0. The van der Waals surface area contributed by atoms with Crippen molar-refractivity contribution in [2.75, 3.05) is 5.84 Å². The summed E-state index contributed by atoms with van der Waals surface area (Å²) in [4.78, 5) is 21.6. The molecule has 0 aliphatic heterocycles. The SMILES string of the molecule is Cc1ccc(-c2nc3c(ccc4ncccc43)c(=O)n2N)cc1. The van der Waals surface area contributed by atoms with E-state index in [2.05, 4.69) is 9.97 Å². The summed E-state index contributed by atoms with van der Waals surface area (Å²) in [5, 5.41) is 1.33. The van der Waals surface area contributed by atoms with E-state index < -0.39 is 0 Å². The van der Waals surface area contributed by atoms with E-state index in [0.29, 0.717) is 16.7 Å². The Bertz CT molecular complexity index is 1100. The van der Waals surface area contributed by atoms with Gasteiger partial charge >= 0.3 is 0 Å². The van der Waals surface area contributed by atoms with E-state index in [1.807, 2.05) is 49.4 Å². The largest absolute Gasteiger partial charge is 0.334 e. The van der Waals surface area contributed by atoms with Crippen molar-refractivity contribution in [2.45, 2.75) is 6.92 Å². The van der Waals surface area contributed by atoms with Gasteiger partial charge in [0.25, 0.3) is 5.56 Å². The van der Waals surface area contributed by atoms with Gasteiger partial charge in [0.15, 0.2) is 5.82 Å². The van der Waals surface area contributed by atoms with Crippen molar-refractivity contribution in [1.29, 1.82) is 0 Å². The summed E-state index contributed by atoms with van der Waals surface area (Å²) in [5.74, 6) is 6.43. The third kappa shape index (κ3) is 2.05. The van der Waals surface area contributed by atoms with E-state index in [1.54, 1.807) is 12.3 Å². The second kappa shape index (κ2) is 4.91. The van der Waals surface area contributed by atoms with Gasteiger partial charge in [-0.25, -0.2) is 9.66 Å². The maximum atomic E-state index is 12.6. The molecule has 5 nitrogen and oxygen atoms in total. The fourth-order valence-electron chi connectivity index (χ4n) is 2.72. The maximum absolute atomic E-state index is 12.6. The Balaban J connectivity index is 2.13. The van der Waals surface area contributed by atoms with Gasteiger partial charge in [-0.1, -0.05) is 29.8 Å². The number of pyridine rings is 1. The van der Waals surface area contributed by atoms with Crippen LogP contribution >= 0.6 is 0 Å². The van der Waals surface area contributed by atoms with Crippen LogP contribution in [0.4, 0.5) is 0 Å². The lowest BCUT2D eigenvalue weighted by molar-refractivity contribution is 0.928. The first kappa shape index (κ1) is 13.5. The highest BCUT2D eigenvalue weighted by Gasteiger charge is 2.13. The Hall–Kier alpha value is -3.21. The molecule has 23 heavy (non-hydrogen) atoms. The molecular weight excluding hydrogens is 288 g/mol. The van der Waals surface area contributed by atoms with Crippen LogP contribution in [-0.2, 0) is 0 Å². The van der Waals surface area contributed by atoms with Crippen LogP contribution in [0.25, 0.3) is 33.2 Å². The van der Waals surface area contributed by atoms with E-state index in [9.17, 15) is 4.79 Å². The summed E-state index contributed by atoms with van der Waals surface area (Å²) >= 11 is 0. The average Bonchev–Trinajstić information content (AvgIpc) is 2.58. The molecule has 0 unspecified atom stereocenters. The van der Waals surface area contributed by atoms with Crippen LogP contribution in [0.15, 0.2) is 59.5 Å². The molecule has 0 radical (unpaired) electrons. The summed E-state index contributed by atoms with van der Waals surface area (Å²) < 4.78 is 1.11. The lowest BCUT2D eigenvalue weighted by Crippen LogP contribution is -2.30. The number of hydrogen-bond donors (Lipinski definition) is 1. The summed E-state index contributed by atoms with van der Waals surface area (Å²) in [6.07, 6.45) is 1.72. The van der Waals surface area contributed by atoms with Gasteiger partial charge in [0.1, 0.15) is 0 Å². The minimum Gasteiger partial charge on any atom is -0.334 e. The quantitative estimate of drug-likeness (QED) is 0.433. The normalized spacial score (nSPS) is 11.2. The van der Waals surface area contributed by atoms with Crippen LogP contribution in [0.1, 0.15) is 5.56 Å². The lowest BCUT2D eigenvalue weighted by Gasteiger charge is -2.10. The average molecular weight is 302 g/mol. The molecule has 2 aromatic heterocycles. The van der Waals surface area contributed by atoms with Crippen LogP contribution in [0.3, 0.4) is 0 Å². The van der Waals surface area contributed by atoms with Gasteiger partial charge in [-0.2, -0.15) is 0 Å². The predicted octanol–water partition coefficient (Wildman–Crippen LogP) is 2.63. The number of fused-ring (bicyclic) bond motifs is 3. The zero-order chi connectivity index (χ0) is 16.0. The summed E-state index contributed by atoms with van der Waals surface area (Å²) in [6, 6.07) is 15.0. The fraction of sp³-hybridized carbons (Fsp3) is 0.0556. The van der Waals surface area contributed by atoms with E-state index in [0.717, 1.165) is 26.7 Å². The number of hydrogen-bond acceptors (Lipinski definition) is 4. The van der Waals surface area contributed by atoms with Crippen LogP contribution < -0.4 is 11.4 Å². The molecule has 0 atom stereocenters. The molecule has 0 spiro atoms. The smallest absolute Gasteiger partial charge is 0.280 e. The molecule has 0 fully saturated rings. The minimum absolute atomic E-state index is 0.267. The number of benzene rings is 2. The molecule has 0 aliphatic rings. The van der Waals surface area contributed by atoms with Gasteiger partial charge in [0, 0.05) is 17.1 Å². The molecule has 2 aromatic carbocycles. The molecule has 4 aromatic rings. The molecule has 0 aliphatic carbocycles. The Labute approximate surface area is 132 Å². The summed E-state index contributed by atoms with van der Waals surface area (Å²) in [5.41, 5.74) is 3.10. The van der Waals surface area contributed by atoms with Crippen molar-refractivity contribution in [2.24, 2.45) is 0 Å².